The van der Waals surface area contributed by atoms with Crippen LogP contribution >= 0.6 is 27.5 Å². The lowest BCUT2D eigenvalue weighted by Gasteiger charge is -2.11. The van der Waals surface area contributed by atoms with E-state index >= 15 is 0 Å². The van der Waals surface area contributed by atoms with Gasteiger partial charge in [0.15, 0.2) is 11.6 Å². The molecule has 0 atom stereocenters. The minimum absolute atomic E-state index is 0.126. The molecule has 2 N–H and O–H groups in total. The Morgan fingerprint density at radius 2 is 1.94 bits per heavy atom. The first-order chi connectivity index (χ1) is 8.60. The van der Waals surface area contributed by atoms with Crippen molar-refractivity contribution in [2.45, 2.75) is 6.54 Å². The average molecular weight is 331 g/mol. The van der Waals surface area contributed by atoms with Gasteiger partial charge in [0.05, 0.1) is 0 Å². The van der Waals surface area contributed by atoms with Gasteiger partial charge in [0, 0.05) is 21.6 Å². The molecule has 0 radical (unpaired) electrons. The number of hydrogen-bond acceptors (Lipinski definition) is 2. The predicted molar refractivity (Wildman–Crippen MR) is 73.5 cm³/mol. The first-order valence-electron chi connectivity index (χ1n) is 5.21. The summed E-state index contributed by atoms with van der Waals surface area (Å²) in [5, 5.41) is 0.512. The van der Waals surface area contributed by atoms with Crippen LogP contribution in [0.1, 0.15) is 5.56 Å². The van der Waals surface area contributed by atoms with E-state index in [9.17, 15) is 4.39 Å². The van der Waals surface area contributed by atoms with Crippen molar-refractivity contribution in [1.29, 1.82) is 0 Å². The smallest absolute Gasteiger partial charge is 0.165 e. The maximum atomic E-state index is 13.6. The van der Waals surface area contributed by atoms with Crippen molar-refractivity contribution in [3.05, 3.63) is 57.3 Å². The van der Waals surface area contributed by atoms with Crippen molar-refractivity contribution < 1.29 is 9.13 Å². The second kappa shape index (κ2) is 5.69. The van der Waals surface area contributed by atoms with E-state index in [4.69, 9.17) is 22.1 Å². The number of ether oxygens (including phenoxy) is 1. The van der Waals surface area contributed by atoms with Crippen LogP contribution in [0.2, 0.25) is 5.02 Å². The van der Waals surface area contributed by atoms with Gasteiger partial charge in [-0.2, -0.15) is 0 Å². The van der Waals surface area contributed by atoms with E-state index in [1.54, 1.807) is 30.3 Å². The molecule has 0 fully saturated rings. The fourth-order valence-corrected chi connectivity index (χ4v) is 1.97. The molecular formula is C13H10BrClFNO. The van der Waals surface area contributed by atoms with Crippen LogP contribution < -0.4 is 10.5 Å². The molecule has 0 aliphatic carbocycles. The zero-order chi connectivity index (χ0) is 13.1. The molecule has 0 saturated carbocycles. The van der Waals surface area contributed by atoms with Crippen LogP contribution in [0.5, 0.6) is 11.5 Å². The minimum Gasteiger partial charge on any atom is -0.454 e. The molecule has 0 unspecified atom stereocenters. The van der Waals surface area contributed by atoms with E-state index in [-0.39, 0.29) is 5.75 Å². The van der Waals surface area contributed by atoms with Crippen LogP contribution in [-0.4, -0.2) is 0 Å². The summed E-state index contributed by atoms with van der Waals surface area (Å²) in [6.45, 7) is 0.294. The summed E-state index contributed by atoms with van der Waals surface area (Å²) in [6, 6.07) is 9.57. The molecule has 2 rings (SSSR count). The Hall–Kier alpha value is -1.10. The van der Waals surface area contributed by atoms with Crippen molar-refractivity contribution in [3.63, 3.8) is 0 Å². The second-order valence-corrected chi connectivity index (χ2v) is 4.99. The van der Waals surface area contributed by atoms with Crippen LogP contribution in [-0.2, 0) is 6.54 Å². The van der Waals surface area contributed by atoms with Crippen LogP contribution in [0.25, 0.3) is 0 Å². The number of nitrogens with two attached hydrogens (primary N) is 1. The van der Waals surface area contributed by atoms with Gasteiger partial charge in [0.25, 0.3) is 0 Å². The predicted octanol–water partition coefficient (Wildman–Crippen LogP) is 4.49. The molecule has 0 heterocycles. The molecule has 5 heteroatoms. The Kier molecular flexibility index (Phi) is 4.22. The van der Waals surface area contributed by atoms with Gasteiger partial charge in [-0.15, -0.1) is 0 Å². The van der Waals surface area contributed by atoms with E-state index in [2.05, 4.69) is 15.9 Å². The summed E-state index contributed by atoms with van der Waals surface area (Å²) < 4.78 is 19.8. The van der Waals surface area contributed by atoms with Gasteiger partial charge >= 0.3 is 0 Å². The molecule has 0 aliphatic heterocycles. The van der Waals surface area contributed by atoms with E-state index in [0.717, 1.165) is 10.0 Å². The highest BCUT2D eigenvalue weighted by molar-refractivity contribution is 9.10. The molecule has 18 heavy (non-hydrogen) atoms. The van der Waals surface area contributed by atoms with Crippen molar-refractivity contribution >= 4 is 27.5 Å². The summed E-state index contributed by atoms with van der Waals surface area (Å²) in [4.78, 5) is 0. The largest absolute Gasteiger partial charge is 0.454 e. The van der Waals surface area contributed by atoms with Gasteiger partial charge in [0.1, 0.15) is 5.75 Å². The van der Waals surface area contributed by atoms with Crippen molar-refractivity contribution in [2.75, 3.05) is 0 Å². The second-order valence-electron chi connectivity index (χ2n) is 3.63. The van der Waals surface area contributed by atoms with Gasteiger partial charge in [-0.1, -0.05) is 33.6 Å². The molecule has 2 aromatic carbocycles. The quantitative estimate of drug-likeness (QED) is 0.899. The van der Waals surface area contributed by atoms with E-state index in [1.807, 2.05) is 0 Å². The highest BCUT2D eigenvalue weighted by atomic mass is 79.9. The van der Waals surface area contributed by atoms with Crippen molar-refractivity contribution in [3.8, 4) is 11.5 Å². The zero-order valence-corrected chi connectivity index (χ0v) is 11.6. The summed E-state index contributed by atoms with van der Waals surface area (Å²) in [7, 11) is 0. The Labute approximate surface area is 118 Å². The van der Waals surface area contributed by atoms with Gasteiger partial charge in [-0.05, 0) is 30.3 Å². The lowest BCUT2D eigenvalue weighted by atomic mass is 10.2. The molecule has 2 nitrogen and oxygen atoms in total. The molecule has 0 spiro atoms. The number of benzene rings is 2. The normalized spacial score (nSPS) is 10.4. The standard InChI is InChI=1S/C13H10BrClFNO/c14-9-2-4-11(16)13(5-9)18-12-6-10(15)3-1-8(12)7-17/h1-6H,7,17H2. The first kappa shape index (κ1) is 13.3. The maximum Gasteiger partial charge on any atom is 0.165 e. The number of hydrogen-bond donors (Lipinski definition) is 1. The molecular weight excluding hydrogens is 321 g/mol. The van der Waals surface area contributed by atoms with Gasteiger partial charge < -0.3 is 10.5 Å². The lowest BCUT2D eigenvalue weighted by Crippen LogP contribution is -2.00. The van der Waals surface area contributed by atoms with Crippen LogP contribution in [0, 0.1) is 5.82 Å². The van der Waals surface area contributed by atoms with Gasteiger partial charge in [-0.25, -0.2) is 4.39 Å². The summed E-state index contributed by atoms with van der Waals surface area (Å²) >= 11 is 9.15. The Morgan fingerprint density at radius 1 is 1.17 bits per heavy atom. The molecule has 0 amide bonds. The summed E-state index contributed by atoms with van der Waals surface area (Å²) in [5.74, 6) is 0.143. The maximum absolute atomic E-state index is 13.6. The number of halogens is 3. The Bertz CT molecular complexity index is 577. The highest BCUT2D eigenvalue weighted by Gasteiger charge is 2.09. The Balaban J connectivity index is 2.38. The third-order valence-corrected chi connectivity index (χ3v) is 3.09. The third kappa shape index (κ3) is 3.02. The Morgan fingerprint density at radius 3 is 2.67 bits per heavy atom. The average Bonchev–Trinajstić information content (AvgIpc) is 2.34. The topological polar surface area (TPSA) is 35.2 Å². The van der Waals surface area contributed by atoms with E-state index in [1.165, 1.54) is 6.07 Å². The molecule has 0 aromatic heterocycles. The summed E-state index contributed by atoms with van der Waals surface area (Å²) in [6.07, 6.45) is 0. The van der Waals surface area contributed by atoms with Crippen LogP contribution in [0.15, 0.2) is 40.9 Å². The van der Waals surface area contributed by atoms with Gasteiger partial charge in [0.2, 0.25) is 0 Å². The van der Waals surface area contributed by atoms with E-state index < -0.39 is 5.82 Å². The minimum atomic E-state index is -0.443. The van der Waals surface area contributed by atoms with Gasteiger partial charge in [-0.3, -0.25) is 0 Å². The van der Waals surface area contributed by atoms with Crippen molar-refractivity contribution in [1.82, 2.24) is 0 Å². The SMILES string of the molecule is NCc1ccc(Cl)cc1Oc1cc(Br)ccc1F. The monoisotopic (exact) mass is 329 g/mol. The lowest BCUT2D eigenvalue weighted by molar-refractivity contribution is 0.437. The highest BCUT2D eigenvalue weighted by Crippen LogP contribution is 2.31. The fraction of sp³-hybridized carbons (Fsp3) is 0.0769. The third-order valence-electron chi connectivity index (χ3n) is 2.36. The molecule has 0 saturated heterocycles. The summed E-state index contributed by atoms with van der Waals surface area (Å²) in [5.41, 5.74) is 6.36. The molecule has 0 bridgehead atoms. The molecule has 0 aliphatic rings. The zero-order valence-electron chi connectivity index (χ0n) is 9.29. The molecule has 94 valence electrons. The number of rotatable bonds is 3. The fourth-order valence-electron chi connectivity index (χ4n) is 1.47. The van der Waals surface area contributed by atoms with Crippen LogP contribution in [0.3, 0.4) is 0 Å². The van der Waals surface area contributed by atoms with Crippen LogP contribution in [0.4, 0.5) is 4.39 Å². The molecule has 2 aromatic rings. The van der Waals surface area contributed by atoms with Crippen molar-refractivity contribution in [2.24, 2.45) is 5.73 Å². The van der Waals surface area contributed by atoms with E-state index in [0.29, 0.717) is 17.3 Å². The first-order valence-corrected chi connectivity index (χ1v) is 6.38.